The first-order chi connectivity index (χ1) is 7.22. The Hall–Kier alpha value is -0.410. The SMILES string of the molecule is CCC(CNCC(C)C)Cc1cncs1. The molecule has 0 amide bonds. The summed E-state index contributed by atoms with van der Waals surface area (Å²) in [4.78, 5) is 5.53. The Morgan fingerprint density at radius 2 is 2.20 bits per heavy atom. The molecule has 3 heteroatoms. The zero-order chi connectivity index (χ0) is 11.1. The van der Waals surface area contributed by atoms with Gasteiger partial charge >= 0.3 is 0 Å². The van der Waals surface area contributed by atoms with Crippen molar-refractivity contribution in [2.75, 3.05) is 13.1 Å². The molecule has 1 atom stereocenters. The molecule has 0 spiro atoms. The third-order valence-electron chi connectivity index (χ3n) is 2.54. The van der Waals surface area contributed by atoms with Gasteiger partial charge in [0.2, 0.25) is 0 Å². The van der Waals surface area contributed by atoms with E-state index in [-0.39, 0.29) is 0 Å². The van der Waals surface area contributed by atoms with Gasteiger partial charge in [0, 0.05) is 11.1 Å². The summed E-state index contributed by atoms with van der Waals surface area (Å²) in [6.45, 7) is 9.02. The highest BCUT2D eigenvalue weighted by Gasteiger charge is 2.08. The number of aromatic nitrogens is 1. The number of hydrogen-bond acceptors (Lipinski definition) is 3. The first kappa shape index (κ1) is 12.7. The van der Waals surface area contributed by atoms with Crippen molar-refractivity contribution in [3.63, 3.8) is 0 Å². The smallest absolute Gasteiger partial charge is 0.0794 e. The summed E-state index contributed by atoms with van der Waals surface area (Å²) >= 11 is 1.77. The van der Waals surface area contributed by atoms with Crippen LogP contribution >= 0.6 is 11.3 Å². The van der Waals surface area contributed by atoms with Crippen molar-refractivity contribution in [2.24, 2.45) is 11.8 Å². The number of rotatable bonds is 7. The quantitative estimate of drug-likeness (QED) is 0.773. The van der Waals surface area contributed by atoms with Crippen molar-refractivity contribution in [2.45, 2.75) is 33.6 Å². The van der Waals surface area contributed by atoms with Gasteiger partial charge in [-0.15, -0.1) is 11.3 Å². The molecule has 1 N–H and O–H groups in total. The summed E-state index contributed by atoms with van der Waals surface area (Å²) in [6.07, 6.45) is 4.41. The van der Waals surface area contributed by atoms with Crippen LogP contribution in [-0.2, 0) is 6.42 Å². The summed E-state index contributed by atoms with van der Waals surface area (Å²) in [5.41, 5.74) is 1.92. The molecule has 0 radical (unpaired) electrons. The monoisotopic (exact) mass is 226 g/mol. The standard InChI is InChI=1S/C12H22N2S/c1-4-11(7-13-6-10(2)3)5-12-8-14-9-15-12/h8-11,13H,4-7H2,1-3H3. The van der Waals surface area contributed by atoms with Gasteiger partial charge < -0.3 is 5.32 Å². The van der Waals surface area contributed by atoms with Gasteiger partial charge in [-0.1, -0.05) is 27.2 Å². The fraction of sp³-hybridized carbons (Fsp3) is 0.750. The average molecular weight is 226 g/mol. The second-order valence-corrected chi connectivity index (χ2v) is 5.47. The molecular formula is C12H22N2S. The molecule has 0 aromatic carbocycles. The van der Waals surface area contributed by atoms with Gasteiger partial charge in [-0.3, -0.25) is 4.98 Å². The lowest BCUT2D eigenvalue weighted by molar-refractivity contribution is 0.439. The van der Waals surface area contributed by atoms with E-state index >= 15 is 0 Å². The number of hydrogen-bond donors (Lipinski definition) is 1. The third-order valence-corrected chi connectivity index (χ3v) is 3.34. The van der Waals surface area contributed by atoms with Crippen molar-refractivity contribution >= 4 is 11.3 Å². The van der Waals surface area contributed by atoms with Crippen molar-refractivity contribution < 1.29 is 0 Å². The minimum absolute atomic E-state index is 0.742. The Bertz CT molecular complexity index is 244. The van der Waals surface area contributed by atoms with Gasteiger partial charge in [0.05, 0.1) is 5.51 Å². The first-order valence-electron chi connectivity index (χ1n) is 5.80. The van der Waals surface area contributed by atoms with Crippen molar-refractivity contribution in [1.29, 1.82) is 0 Å². The molecule has 1 heterocycles. The van der Waals surface area contributed by atoms with E-state index in [9.17, 15) is 0 Å². The van der Waals surface area contributed by atoms with Gasteiger partial charge in [0.1, 0.15) is 0 Å². The molecule has 0 saturated carbocycles. The zero-order valence-electron chi connectivity index (χ0n) is 9.99. The lowest BCUT2D eigenvalue weighted by atomic mass is 10.0. The molecular weight excluding hydrogens is 204 g/mol. The van der Waals surface area contributed by atoms with E-state index in [4.69, 9.17) is 0 Å². The van der Waals surface area contributed by atoms with Crippen LogP contribution in [0.2, 0.25) is 0 Å². The van der Waals surface area contributed by atoms with E-state index in [0.717, 1.165) is 24.9 Å². The van der Waals surface area contributed by atoms with Crippen molar-refractivity contribution in [3.8, 4) is 0 Å². The number of nitrogens with one attached hydrogen (secondary N) is 1. The number of thiazole rings is 1. The molecule has 0 bridgehead atoms. The van der Waals surface area contributed by atoms with Gasteiger partial charge in [0.15, 0.2) is 0 Å². The van der Waals surface area contributed by atoms with Crippen LogP contribution in [0.1, 0.15) is 32.1 Å². The van der Waals surface area contributed by atoms with Gasteiger partial charge in [-0.2, -0.15) is 0 Å². The molecule has 0 saturated heterocycles. The van der Waals surface area contributed by atoms with Crippen LogP contribution in [0.25, 0.3) is 0 Å². The van der Waals surface area contributed by atoms with Gasteiger partial charge in [-0.05, 0) is 31.3 Å². The molecule has 0 aliphatic heterocycles. The average Bonchev–Trinajstić information content (AvgIpc) is 2.68. The molecule has 0 aliphatic carbocycles. The summed E-state index contributed by atoms with van der Waals surface area (Å²) in [5, 5.41) is 3.53. The van der Waals surface area contributed by atoms with Crippen LogP contribution in [-0.4, -0.2) is 18.1 Å². The molecule has 1 aromatic heterocycles. The van der Waals surface area contributed by atoms with Crippen molar-refractivity contribution in [3.05, 3.63) is 16.6 Å². The summed E-state index contributed by atoms with van der Waals surface area (Å²) < 4.78 is 0. The van der Waals surface area contributed by atoms with Crippen molar-refractivity contribution in [1.82, 2.24) is 10.3 Å². The molecule has 86 valence electrons. The predicted molar refractivity (Wildman–Crippen MR) is 67.3 cm³/mol. The maximum absolute atomic E-state index is 4.12. The Balaban J connectivity index is 2.24. The zero-order valence-corrected chi connectivity index (χ0v) is 10.8. The van der Waals surface area contributed by atoms with E-state index in [1.165, 1.54) is 17.7 Å². The van der Waals surface area contributed by atoms with Gasteiger partial charge in [-0.25, -0.2) is 0 Å². The Labute approximate surface area is 97.1 Å². The van der Waals surface area contributed by atoms with E-state index < -0.39 is 0 Å². The summed E-state index contributed by atoms with van der Waals surface area (Å²) in [7, 11) is 0. The Morgan fingerprint density at radius 3 is 2.73 bits per heavy atom. The summed E-state index contributed by atoms with van der Waals surface area (Å²) in [6, 6.07) is 0. The first-order valence-corrected chi connectivity index (χ1v) is 6.68. The Morgan fingerprint density at radius 1 is 1.40 bits per heavy atom. The third kappa shape index (κ3) is 5.28. The highest BCUT2D eigenvalue weighted by atomic mass is 32.1. The number of nitrogens with zero attached hydrogens (tertiary/aromatic N) is 1. The Kier molecular flexibility index (Phi) is 5.88. The minimum atomic E-state index is 0.742. The normalized spacial score (nSPS) is 13.3. The fourth-order valence-corrected chi connectivity index (χ4v) is 2.28. The van der Waals surface area contributed by atoms with E-state index in [0.29, 0.717) is 0 Å². The molecule has 0 aliphatic rings. The maximum Gasteiger partial charge on any atom is 0.0794 e. The van der Waals surface area contributed by atoms with Crippen LogP contribution in [0.15, 0.2) is 11.7 Å². The molecule has 1 rings (SSSR count). The van der Waals surface area contributed by atoms with E-state index in [1.807, 2.05) is 11.7 Å². The molecule has 1 aromatic rings. The lowest BCUT2D eigenvalue weighted by Crippen LogP contribution is -2.27. The summed E-state index contributed by atoms with van der Waals surface area (Å²) in [5.74, 6) is 1.50. The molecule has 2 nitrogen and oxygen atoms in total. The molecule has 0 fully saturated rings. The highest BCUT2D eigenvalue weighted by Crippen LogP contribution is 2.14. The lowest BCUT2D eigenvalue weighted by Gasteiger charge is -2.15. The van der Waals surface area contributed by atoms with Crippen LogP contribution in [0, 0.1) is 11.8 Å². The maximum atomic E-state index is 4.12. The topological polar surface area (TPSA) is 24.9 Å². The largest absolute Gasteiger partial charge is 0.316 e. The second kappa shape index (κ2) is 6.96. The van der Waals surface area contributed by atoms with E-state index in [1.54, 1.807) is 11.3 Å². The van der Waals surface area contributed by atoms with Crippen LogP contribution in [0.5, 0.6) is 0 Å². The van der Waals surface area contributed by atoms with Crippen LogP contribution in [0.3, 0.4) is 0 Å². The van der Waals surface area contributed by atoms with Crippen LogP contribution in [0.4, 0.5) is 0 Å². The fourth-order valence-electron chi connectivity index (χ4n) is 1.56. The molecule has 15 heavy (non-hydrogen) atoms. The van der Waals surface area contributed by atoms with E-state index in [2.05, 4.69) is 31.1 Å². The highest BCUT2D eigenvalue weighted by molar-refractivity contribution is 7.09. The van der Waals surface area contributed by atoms with Gasteiger partial charge in [0.25, 0.3) is 0 Å². The molecule has 1 unspecified atom stereocenters. The predicted octanol–water partition coefficient (Wildman–Crippen LogP) is 2.96. The minimum Gasteiger partial charge on any atom is -0.316 e. The second-order valence-electron chi connectivity index (χ2n) is 4.50. The van der Waals surface area contributed by atoms with Crippen LogP contribution < -0.4 is 5.32 Å².